The molecular formula is C21H37IN4O. The van der Waals surface area contributed by atoms with E-state index >= 15 is 0 Å². The van der Waals surface area contributed by atoms with Crippen molar-refractivity contribution in [1.82, 2.24) is 10.2 Å². The highest BCUT2D eigenvalue weighted by Crippen LogP contribution is 2.28. The van der Waals surface area contributed by atoms with E-state index in [4.69, 9.17) is 9.73 Å². The number of hydrogen-bond acceptors (Lipinski definition) is 3. The first-order valence-electron chi connectivity index (χ1n) is 10.0. The Morgan fingerprint density at radius 1 is 1.15 bits per heavy atom. The highest BCUT2D eigenvalue weighted by Gasteiger charge is 2.21. The molecule has 0 heterocycles. The van der Waals surface area contributed by atoms with E-state index in [2.05, 4.69) is 66.5 Å². The number of guanidine groups is 1. The lowest BCUT2D eigenvalue weighted by molar-refractivity contribution is 0.115. The van der Waals surface area contributed by atoms with Crippen LogP contribution >= 0.6 is 24.0 Å². The van der Waals surface area contributed by atoms with Crippen molar-refractivity contribution in [3.8, 4) is 0 Å². The summed E-state index contributed by atoms with van der Waals surface area (Å²) in [5.74, 6) is 1.81. The third kappa shape index (κ3) is 10.2. The number of ether oxygens (including phenoxy) is 1. The van der Waals surface area contributed by atoms with Crippen molar-refractivity contribution < 1.29 is 4.74 Å². The third-order valence-electron chi connectivity index (χ3n) is 4.68. The van der Waals surface area contributed by atoms with E-state index in [0.29, 0.717) is 0 Å². The molecule has 1 aliphatic carbocycles. The molecule has 0 unspecified atom stereocenters. The van der Waals surface area contributed by atoms with Crippen LogP contribution in [-0.2, 0) is 4.74 Å². The summed E-state index contributed by atoms with van der Waals surface area (Å²) in [6.07, 6.45) is 4.93. The summed E-state index contributed by atoms with van der Waals surface area (Å²) in [7, 11) is 4.24. The molecule has 2 rings (SSSR count). The summed E-state index contributed by atoms with van der Waals surface area (Å²) in [5, 5.41) is 3.38. The highest BCUT2D eigenvalue weighted by molar-refractivity contribution is 14.0. The van der Waals surface area contributed by atoms with Crippen LogP contribution in [0.4, 0.5) is 5.69 Å². The number of nitrogens with zero attached hydrogens (tertiary/aromatic N) is 3. The summed E-state index contributed by atoms with van der Waals surface area (Å²) >= 11 is 0. The number of anilines is 1. The van der Waals surface area contributed by atoms with Crippen molar-refractivity contribution in [1.29, 1.82) is 0 Å². The van der Waals surface area contributed by atoms with E-state index in [0.717, 1.165) is 64.1 Å². The first-order valence-corrected chi connectivity index (χ1v) is 10.0. The van der Waals surface area contributed by atoms with Crippen molar-refractivity contribution in [2.45, 2.75) is 32.6 Å². The minimum Gasteiger partial charge on any atom is -0.379 e. The van der Waals surface area contributed by atoms with Gasteiger partial charge in [-0.05, 0) is 50.7 Å². The molecule has 1 saturated carbocycles. The zero-order valence-corrected chi connectivity index (χ0v) is 19.5. The standard InChI is InChI=1S/C21H36N4O.HI/c1-4-22-21(25(3)16-17-26-18-19-12-13-19)23-14-8-9-15-24(2)20-10-6-5-7-11-20;/h5-7,10-11,19H,4,8-9,12-18H2,1-3H3,(H,22,23);1H. The second-order valence-corrected chi connectivity index (χ2v) is 7.14. The zero-order chi connectivity index (χ0) is 18.6. The number of hydrogen-bond donors (Lipinski definition) is 1. The molecule has 1 aromatic rings. The Labute approximate surface area is 182 Å². The molecule has 0 spiro atoms. The maximum atomic E-state index is 5.74. The van der Waals surface area contributed by atoms with Gasteiger partial charge in [-0.1, -0.05) is 18.2 Å². The maximum Gasteiger partial charge on any atom is 0.193 e. The van der Waals surface area contributed by atoms with Crippen LogP contribution in [0.3, 0.4) is 0 Å². The second kappa shape index (κ2) is 14.0. The molecule has 0 amide bonds. The first-order chi connectivity index (χ1) is 12.7. The van der Waals surface area contributed by atoms with Crippen molar-refractivity contribution in [3.63, 3.8) is 0 Å². The van der Waals surface area contributed by atoms with Crippen molar-refractivity contribution >= 4 is 35.6 Å². The monoisotopic (exact) mass is 488 g/mol. The van der Waals surface area contributed by atoms with Gasteiger partial charge < -0.3 is 19.9 Å². The Morgan fingerprint density at radius 2 is 1.89 bits per heavy atom. The van der Waals surface area contributed by atoms with Crippen LogP contribution in [-0.4, -0.2) is 64.3 Å². The largest absolute Gasteiger partial charge is 0.379 e. The fourth-order valence-corrected chi connectivity index (χ4v) is 2.77. The number of unbranched alkanes of at least 4 members (excludes halogenated alkanes) is 1. The van der Waals surface area contributed by atoms with E-state index in [-0.39, 0.29) is 24.0 Å². The number of benzene rings is 1. The average Bonchev–Trinajstić information content (AvgIpc) is 3.49. The molecule has 1 aromatic carbocycles. The van der Waals surface area contributed by atoms with Gasteiger partial charge in [-0.15, -0.1) is 24.0 Å². The quantitative estimate of drug-likeness (QED) is 0.210. The predicted molar refractivity (Wildman–Crippen MR) is 127 cm³/mol. The smallest absolute Gasteiger partial charge is 0.193 e. The predicted octanol–water partition coefficient (Wildman–Crippen LogP) is 3.84. The summed E-state index contributed by atoms with van der Waals surface area (Å²) in [5.41, 5.74) is 1.27. The summed E-state index contributed by atoms with van der Waals surface area (Å²) < 4.78 is 5.74. The van der Waals surface area contributed by atoms with Crippen LogP contribution in [0, 0.1) is 5.92 Å². The van der Waals surface area contributed by atoms with Gasteiger partial charge in [0.15, 0.2) is 5.96 Å². The fraction of sp³-hybridized carbons (Fsp3) is 0.667. The van der Waals surface area contributed by atoms with E-state index in [9.17, 15) is 0 Å². The lowest BCUT2D eigenvalue weighted by Gasteiger charge is -2.22. The number of aliphatic imine (C=N–C) groups is 1. The van der Waals surface area contributed by atoms with Crippen LogP contribution in [0.5, 0.6) is 0 Å². The number of nitrogens with one attached hydrogen (secondary N) is 1. The van der Waals surface area contributed by atoms with E-state index in [1.165, 1.54) is 18.5 Å². The van der Waals surface area contributed by atoms with Gasteiger partial charge >= 0.3 is 0 Å². The zero-order valence-electron chi connectivity index (χ0n) is 17.2. The van der Waals surface area contributed by atoms with Crippen molar-refractivity contribution in [2.24, 2.45) is 10.9 Å². The number of para-hydroxylation sites is 1. The lowest BCUT2D eigenvalue weighted by Crippen LogP contribution is -2.40. The molecule has 0 bridgehead atoms. The molecule has 0 radical (unpaired) electrons. The van der Waals surface area contributed by atoms with E-state index in [1.807, 2.05) is 0 Å². The van der Waals surface area contributed by atoms with Gasteiger partial charge in [-0.25, -0.2) is 0 Å². The molecule has 1 aliphatic rings. The maximum absolute atomic E-state index is 5.74. The topological polar surface area (TPSA) is 40.1 Å². The van der Waals surface area contributed by atoms with E-state index < -0.39 is 0 Å². The van der Waals surface area contributed by atoms with Gasteiger partial charge in [0, 0.05) is 52.6 Å². The molecule has 0 aliphatic heterocycles. The van der Waals surface area contributed by atoms with Gasteiger partial charge in [0.25, 0.3) is 0 Å². The van der Waals surface area contributed by atoms with Gasteiger partial charge in [0.1, 0.15) is 0 Å². The second-order valence-electron chi connectivity index (χ2n) is 7.14. The first kappa shape index (κ1) is 24.0. The molecule has 0 saturated heterocycles. The van der Waals surface area contributed by atoms with E-state index in [1.54, 1.807) is 0 Å². The molecule has 0 aromatic heterocycles. The third-order valence-corrected chi connectivity index (χ3v) is 4.68. The Kier molecular flexibility index (Phi) is 12.5. The molecule has 5 nitrogen and oxygen atoms in total. The highest BCUT2D eigenvalue weighted by atomic mass is 127. The molecule has 27 heavy (non-hydrogen) atoms. The van der Waals surface area contributed by atoms with Crippen LogP contribution in [0.2, 0.25) is 0 Å². The van der Waals surface area contributed by atoms with Crippen molar-refractivity contribution in [3.05, 3.63) is 30.3 Å². The van der Waals surface area contributed by atoms with Crippen molar-refractivity contribution in [2.75, 3.05) is 58.4 Å². The van der Waals surface area contributed by atoms with Gasteiger partial charge in [-0.3, -0.25) is 4.99 Å². The summed E-state index contributed by atoms with van der Waals surface area (Å²) in [6, 6.07) is 10.5. The van der Waals surface area contributed by atoms with Gasteiger partial charge in [0.05, 0.1) is 6.61 Å². The van der Waals surface area contributed by atoms with Crippen LogP contribution in [0.1, 0.15) is 32.6 Å². The average molecular weight is 488 g/mol. The van der Waals surface area contributed by atoms with Gasteiger partial charge in [0.2, 0.25) is 0 Å². The number of rotatable bonds is 12. The van der Waals surface area contributed by atoms with Crippen LogP contribution < -0.4 is 10.2 Å². The molecule has 1 fully saturated rings. The lowest BCUT2D eigenvalue weighted by atomic mass is 10.2. The fourth-order valence-electron chi connectivity index (χ4n) is 2.77. The minimum absolute atomic E-state index is 0. The van der Waals surface area contributed by atoms with Crippen LogP contribution in [0.15, 0.2) is 35.3 Å². The Morgan fingerprint density at radius 3 is 2.56 bits per heavy atom. The Bertz CT molecular complexity index is 522. The molecule has 0 atom stereocenters. The number of likely N-dealkylation sites (N-methyl/N-ethyl adjacent to an activating group) is 1. The molecule has 6 heteroatoms. The summed E-state index contributed by atoms with van der Waals surface area (Å²) in [4.78, 5) is 9.24. The van der Waals surface area contributed by atoms with Gasteiger partial charge in [-0.2, -0.15) is 0 Å². The molecular weight excluding hydrogens is 451 g/mol. The molecule has 154 valence electrons. The Hall–Kier alpha value is -1.02. The SMILES string of the molecule is CCNC(=NCCCCN(C)c1ccccc1)N(C)CCOCC1CC1.I. The Balaban J connectivity index is 0.00000364. The minimum atomic E-state index is 0. The van der Waals surface area contributed by atoms with Crippen LogP contribution in [0.25, 0.3) is 0 Å². The normalized spacial score (nSPS) is 13.8. The number of halogens is 1. The summed E-state index contributed by atoms with van der Waals surface area (Å²) in [6.45, 7) is 7.51. The molecule has 1 N–H and O–H groups in total.